The smallest absolute Gasteiger partial charge is 0.250 e. The number of carbonyl (C=O) groups excluding carboxylic acids is 1. The summed E-state index contributed by atoms with van der Waals surface area (Å²) in [6.45, 7) is 1.27. The van der Waals surface area contributed by atoms with E-state index in [0.29, 0.717) is 18.5 Å². The highest BCUT2D eigenvalue weighted by molar-refractivity contribution is 9.09. The van der Waals surface area contributed by atoms with Crippen molar-refractivity contribution < 1.29 is 9.53 Å². The first-order valence-corrected chi connectivity index (χ1v) is 3.92. The first-order valence-electron chi connectivity index (χ1n) is 2.80. The van der Waals surface area contributed by atoms with Crippen molar-refractivity contribution in [1.29, 1.82) is 0 Å². The molecule has 1 saturated heterocycles. The second-order valence-electron chi connectivity index (χ2n) is 1.80. The Morgan fingerprint density at radius 1 is 1.89 bits per heavy atom. The summed E-state index contributed by atoms with van der Waals surface area (Å²) >= 11 is 3.17. The number of halogens is 1. The standard InChI is InChI=1S/C5H8BrNO2/c6-3-4-5(8)7-1-2-9-4/h4H,1-3H2,(H,7,8). The van der Waals surface area contributed by atoms with Crippen molar-refractivity contribution in [3.63, 3.8) is 0 Å². The molecule has 9 heavy (non-hydrogen) atoms. The SMILES string of the molecule is O=C1NCCOC1CBr. The molecule has 4 heteroatoms. The summed E-state index contributed by atoms with van der Waals surface area (Å²) in [4.78, 5) is 10.8. The van der Waals surface area contributed by atoms with Gasteiger partial charge in [0.15, 0.2) is 0 Å². The molecule has 1 atom stereocenters. The minimum Gasteiger partial charge on any atom is -0.366 e. The van der Waals surface area contributed by atoms with Crippen molar-refractivity contribution in [3.8, 4) is 0 Å². The zero-order valence-electron chi connectivity index (χ0n) is 4.89. The third kappa shape index (κ3) is 1.66. The minimum absolute atomic E-state index is 0.0156. The molecular weight excluding hydrogens is 186 g/mol. The van der Waals surface area contributed by atoms with E-state index >= 15 is 0 Å². The molecule has 0 aromatic heterocycles. The molecule has 0 bridgehead atoms. The number of amides is 1. The number of nitrogens with one attached hydrogen (secondary N) is 1. The Balaban J connectivity index is 2.39. The fourth-order valence-electron chi connectivity index (χ4n) is 0.680. The zero-order valence-corrected chi connectivity index (χ0v) is 6.48. The Kier molecular flexibility index (Phi) is 2.48. The van der Waals surface area contributed by atoms with Gasteiger partial charge in [-0.15, -0.1) is 0 Å². The highest BCUT2D eigenvalue weighted by Crippen LogP contribution is 2.00. The Hall–Kier alpha value is -0.0900. The van der Waals surface area contributed by atoms with Gasteiger partial charge in [0.1, 0.15) is 6.10 Å². The van der Waals surface area contributed by atoms with E-state index in [0.717, 1.165) is 0 Å². The Morgan fingerprint density at radius 3 is 3.11 bits per heavy atom. The van der Waals surface area contributed by atoms with Crippen molar-refractivity contribution in [2.24, 2.45) is 0 Å². The van der Waals surface area contributed by atoms with Crippen molar-refractivity contribution in [1.82, 2.24) is 5.32 Å². The van der Waals surface area contributed by atoms with Crippen LogP contribution in [0.15, 0.2) is 0 Å². The first-order chi connectivity index (χ1) is 4.34. The Morgan fingerprint density at radius 2 is 2.67 bits per heavy atom. The highest BCUT2D eigenvalue weighted by atomic mass is 79.9. The van der Waals surface area contributed by atoms with Crippen LogP contribution in [0, 0.1) is 0 Å². The predicted octanol–water partition coefficient (Wildman–Crippen LogP) is -0.104. The van der Waals surface area contributed by atoms with Gasteiger partial charge in [0.05, 0.1) is 6.61 Å². The number of alkyl halides is 1. The van der Waals surface area contributed by atoms with Crippen LogP contribution in [0.1, 0.15) is 0 Å². The molecule has 3 nitrogen and oxygen atoms in total. The van der Waals surface area contributed by atoms with Crippen LogP contribution in [0.3, 0.4) is 0 Å². The van der Waals surface area contributed by atoms with Gasteiger partial charge in [0, 0.05) is 11.9 Å². The van der Waals surface area contributed by atoms with E-state index in [1.54, 1.807) is 0 Å². The van der Waals surface area contributed by atoms with Crippen LogP contribution in [0.4, 0.5) is 0 Å². The van der Waals surface area contributed by atoms with Crippen LogP contribution in [0.5, 0.6) is 0 Å². The lowest BCUT2D eigenvalue weighted by molar-refractivity contribution is -0.135. The predicted molar refractivity (Wildman–Crippen MR) is 36.5 cm³/mol. The molecule has 1 rings (SSSR count). The van der Waals surface area contributed by atoms with Crippen LogP contribution >= 0.6 is 15.9 Å². The average Bonchev–Trinajstić information content (AvgIpc) is 1.89. The molecule has 0 aliphatic carbocycles. The molecule has 1 N–H and O–H groups in total. The Bertz CT molecular complexity index is 118. The molecule has 52 valence electrons. The molecule has 1 amide bonds. The monoisotopic (exact) mass is 193 g/mol. The van der Waals surface area contributed by atoms with Gasteiger partial charge in [0.25, 0.3) is 0 Å². The third-order valence-electron chi connectivity index (χ3n) is 1.15. The summed E-state index contributed by atoms with van der Waals surface area (Å²) < 4.78 is 5.08. The van der Waals surface area contributed by atoms with Gasteiger partial charge in [-0.2, -0.15) is 0 Å². The van der Waals surface area contributed by atoms with Gasteiger partial charge >= 0.3 is 0 Å². The lowest BCUT2D eigenvalue weighted by Gasteiger charge is -2.20. The van der Waals surface area contributed by atoms with Gasteiger partial charge in [-0.3, -0.25) is 4.79 Å². The molecule has 0 radical (unpaired) electrons. The quantitative estimate of drug-likeness (QED) is 0.591. The fourth-order valence-corrected chi connectivity index (χ4v) is 1.16. The molecule has 0 aromatic rings. The van der Waals surface area contributed by atoms with Crippen LogP contribution < -0.4 is 5.32 Å². The van der Waals surface area contributed by atoms with E-state index in [2.05, 4.69) is 21.2 Å². The molecule has 1 fully saturated rings. The van der Waals surface area contributed by atoms with Gasteiger partial charge in [0.2, 0.25) is 5.91 Å². The van der Waals surface area contributed by atoms with Crippen molar-refractivity contribution in [3.05, 3.63) is 0 Å². The molecule has 1 heterocycles. The average molecular weight is 194 g/mol. The van der Waals surface area contributed by atoms with E-state index in [1.807, 2.05) is 0 Å². The summed E-state index contributed by atoms with van der Waals surface area (Å²) in [6.07, 6.45) is -0.279. The normalized spacial score (nSPS) is 27.7. The second kappa shape index (κ2) is 3.17. The van der Waals surface area contributed by atoms with Gasteiger partial charge in [-0.1, -0.05) is 15.9 Å². The van der Waals surface area contributed by atoms with E-state index in [4.69, 9.17) is 4.74 Å². The molecule has 0 spiro atoms. The van der Waals surface area contributed by atoms with Crippen LogP contribution in [0.25, 0.3) is 0 Å². The van der Waals surface area contributed by atoms with E-state index < -0.39 is 0 Å². The van der Waals surface area contributed by atoms with Crippen LogP contribution in [-0.4, -0.2) is 30.5 Å². The third-order valence-corrected chi connectivity index (χ3v) is 1.74. The maximum Gasteiger partial charge on any atom is 0.250 e. The summed E-state index contributed by atoms with van der Waals surface area (Å²) in [7, 11) is 0. The first kappa shape index (κ1) is 7.02. The molecule has 0 saturated carbocycles. The van der Waals surface area contributed by atoms with E-state index in [-0.39, 0.29) is 12.0 Å². The number of hydrogen-bond donors (Lipinski definition) is 1. The summed E-state index contributed by atoms with van der Waals surface area (Å²) in [5.41, 5.74) is 0. The minimum atomic E-state index is -0.279. The summed E-state index contributed by atoms with van der Waals surface area (Å²) in [5.74, 6) is -0.0156. The lowest BCUT2D eigenvalue weighted by Crippen LogP contribution is -2.45. The van der Waals surface area contributed by atoms with E-state index in [9.17, 15) is 4.79 Å². The highest BCUT2D eigenvalue weighted by Gasteiger charge is 2.20. The number of hydrogen-bond acceptors (Lipinski definition) is 2. The van der Waals surface area contributed by atoms with Gasteiger partial charge in [-0.25, -0.2) is 0 Å². The summed E-state index contributed by atoms with van der Waals surface area (Å²) in [5, 5.41) is 3.27. The maximum absolute atomic E-state index is 10.8. The van der Waals surface area contributed by atoms with Gasteiger partial charge < -0.3 is 10.1 Å². The van der Waals surface area contributed by atoms with Crippen LogP contribution in [-0.2, 0) is 9.53 Å². The van der Waals surface area contributed by atoms with Crippen LogP contribution in [0.2, 0.25) is 0 Å². The molecule has 0 aromatic carbocycles. The number of morpholine rings is 1. The molecule has 1 aliphatic rings. The van der Waals surface area contributed by atoms with E-state index in [1.165, 1.54) is 0 Å². The number of rotatable bonds is 1. The molecule has 1 aliphatic heterocycles. The van der Waals surface area contributed by atoms with Crippen molar-refractivity contribution in [2.45, 2.75) is 6.10 Å². The van der Waals surface area contributed by atoms with Crippen molar-refractivity contribution >= 4 is 21.8 Å². The van der Waals surface area contributed by atoms with Gasteiger partial charge in [-0.05, 0) is 0 Å². The lowest BCUT2D eigenvalue weighted by atomic mass is 10.3. The van der Waals surface area contributed by atoms with Crippen molar-refractivity contribution in [2.75, 3.05) is 18.5 Å². The number of carbonyl (C=O) groups is 1. The largest absolute Gasteiger partial charge is 0.366 e. The topological polar surface area (TPSA) is 38.3 Å². The summed E-state index contributed by atoms with van der Waals surface area (Å²) in [6, 6.07) is 0. The Labute approximate surface area is 61.9 Å². The fraction of sp³-hybridized carbons (Fsp3) is 0.800. The zero-order chi connectivity index (χ0) is 6.69. The molecule has 1 unspecified atom stereocenters. The maximum atomic E-state index is 10.8. The molecular formula is C5H8BrNO2. The number of ether oxygens (including phenoxy) is 1. The second-order valence-corrected chi connectivity index (χ2v) is 2.45.